The largest absolute Gasteiger partial charge is 0.508 e. The second-order valence-electron chi connectivity index (χ2n) is 6.24. The number of carbonyl (C=O) groups excluding carboxylic acids is 1. The van der Waals surface area contributed by atoms with Crippen LogP contribution in [0.1, 0.15) is 22.7 Å². The van der Waals surface area contributed by atoms with Gasteiger partial charge in [0.2, 0.25) is 0 Å². The number of aromatic hydroxyl groups is 1. The molecular weight excluding hydrogens is 340 g/mol. The molecule has 2 N–H and O–H groups in total. The van der Waals surface area contributed by atoms with Crippen LogP contribution in [-0.2, 0) is 4.79 Å². The molecule has 0 aliphatic carbocycles. The van der Waals surface area contributed by atoms with Gasteiger partial charge in [-0.2, -0.15) is 0 Å². The fraction of sp³-hybridized carbons (Fsp3) is 0.0909. The molecule has 0 bridgehead atoms. The highest BCUT2D eigenvalue weighted by molar-refractivity contribution is 6.19. The van der Waals surface area contributed by atoms with Crippen molar-refractivity contribution in [2.45, 2.75) is 6.04 Å². The summed E-state index contributed by atoms with van der Waals surface area (Å²) in [6, 6.07) is 21.0. The summed E-state index contributed by atoms with van der Waals surface area (Å²) in [6.45, 7) is 0. The van der Waals surface area contributed by atoms with Gasteiger partial charge in [0.15, 0.2) is 6.04 Å². The van der Waals surface area contributed by atoms with E-state index in [9.17, 15) is 9.90 Å². The first-order valence-electron chi connectivity index (χ1n) is 8.57. The highest BCUT2D eigenvalue weighted by Gasteiger charge is 2.27. The van der Waals surface area contributed by atoms with E-state index in [0.717, 1.165) is 28.3 Å². The van der Waals surface area contributed by atoms with Crippen LogP contribution < -0.4 is 10.1 Å². The quantitative estimate of drug-likeness (QED) is 0.745. The van der Waals surface area contributed by atoms with Crippen molar-refractivity contribution in [3.05, 3.63) is 89.5 Å². The van der Waals surface area contributed by atoms with Crippen LogP contribution in [-0.4, -0.2) is 23.8 Å². The highest BCUT2D eigenvalue weighted by Crippen LogP contribution is 2.30. The number of rotatable bonds is 3. The Hall–Kier alpha value is -3.60. The van der Waals surface area contributed by atoms with Gasteiger partial charge in [-0.25, -0.2) is 0 Å². The van der Waals surface area contributed by atoms with Crippen molar-refractivity contribution >= 4 is 17.3 Å². The van der Waals surface area contributed by atoms with Gasteiger partial charge in [0, 0.05) is 11.1 Å². The lowest BCUT2D eigenvalue weighted by atomic mass is 10.00. The van der Waals surface area contributed by atoms with E-state index in [1.807, 2.05) is 48.5 Å². The van der Waals surface area contributed by atoms with Gasteiger partial charge in [0.25, 0.3) is 5.91 Å². The fourth-order valence-corrected chi connectivity index (χ4v) is 3.12. The normalized spacial score (nSPS) is 16.0. The van der Waals surface area contributed by atoms with Crippen LogP contribution in [0, 0.1) is 0 Å². The van der Waals surface area contributed by atoms with Crippen molar-refractivity contribution in [1.29, 1.82) is 0 Å². The van der Waals surface area contributed by atoms with E-state index in [2.05, 4.69) is 5.32 Å². The van der Waals surface area contributed by atoms with Gasteiger partial charge in [0.1, 0.15) is 11.5 Å². The first-order valence-corrected chi connectivity index (χ1v) is 8.57. The standard InChI is InChI=1S/C22H18N2O3/c1-27-17-12-8-14(9-13-17)20-18-4-2-3-5-19(18)23-22(26)21(24-20)15-6-10-16(25)11-7-15/h2-13,21,25H,1H3,(H,23,26). The Kier molecular flexibility index (Phi) is 4.34. The van der Waals surface area contributed by atoms with Crippen molar-refractivity contribution in [1.82, 2.24) is 0 Å². The molecule has 4 rings (SSSR count). The van der Waals surface area contributed by atoms with E-state index in [-0.39, 0.29) is 11.7 Å². The maximum Gasteiger partial charge on any atom is 0.253 e. The molecule has 134 valence electrons. The van der Waals surface area contributed by atoms with Crippen LogP contribution in [0.15, 0.2) is 77.8 Å². The number of hydrogen-bond donors (Lipinski definition) is 2. The first kappa shape index (κ1) is 16.8. The average Bonchev–Trinajstić information content (AvgIpc) is 2.85. The second-order valence-corrected chi connectivity index (χ2v) is 6.24. The van der Waals surface area contributed by atoms with Crippen LogP contribution in [0.2, 0.25) is 0 Å². The van der Waals surface area contributed by atoms with Crippen molar-refractivity contribution in [2.24, 2.45) is 4.99 Å². The van der Waals surface area contributed by atoms with Crippen molar-refractivity contribution in [3.63, 3.8) is 0 Å². The van der Waals surface area contributed by atoms with Gasteiger partial charge < -0.3 is 15.2 Å². The molecule has 1 unspecified atom stereocenters. The highest BCUT2D eigenvalue weighted by atomic mass is 16.5. The number of amides is 1. The maximum absolute atomic E-state index is 12.8. The zero-order valence-corrected chi connectivity index (χ0v) is 14.7. The molecule has 1 aliphatic heterocycles. The van der Waals surface area contributed by atoms with Crippen LogP contribution in [0.4, 0.5) is 5.69 Å². The topological polar surface area (TPSA) is 70.9 Å². The Morgan fingerprint density at radius 1 is 0.963 bits per heavy atom. The maximum atomic E-state index is 12.8. The SMILES string of the molecule is COc1ccc(C2=NC(c3ccc(O)cc3)C(=O)Nc3ccccc32)cc1. The lowest BCUT2D eigenvalue weighted by Crippen LogP contribution is -2.18. The number of benzodiazepines with no additional fused rings is 1. The molecule has 1 amide bonds. The van der Waals surface area contributed by atoms with E-state index in [4.69, 9.17) is 9.73 Å². The molecule has 3 aromatic rings. The van der Waals surface area contributed by atoms with Gasteiger partial charge in [-0.1, -0.05) is 30.3 Å². The minimum atomic E-state index is -0.713. The molecule has 1 heterocycles. The number of nitrogens with zero attached hydrogens (tertiary/aromatic N) is 1. The molecule has 0 saturated carbocycles. The fourth-order valence-electron chi connectivity index (χ4n) is 3.12. The van der Waals surface area contributed by atoms with Crippen molar-refractivity contribution < 1.29 is 14.6 Å². The number of benzene rings is 3. The summed E-state index contributed by atoms with van der Waals surface area (Å²) in [5.74, 6) is 0.692. The molecule has 0 saturated heterocycles. The zero-order valence-electron chi connectivity index (χ0n) is 14.7. The van der Waals surface area contributed by atoms with E-state index in [0.29, 0.717) is 5.56 Å². The number of para-hydroxylation sites is 1. The minimum absolute atomic E-state index is 0.149. The van der Waals surface area contributed by atoms with E-state index >= 15 is 0 Å². The van der Waals surface area contributed by atoms with Crippen LogP contribution in [0.3, 0.4) is 0 Å². The Morgan fingerprint density at radius 2 is 1.67 bits per heavy atom. The van der Waals surface area contributed by atoms with Gasteiger partial charge >= 0.3 is 0 Å². The summed E-state index contributed by atoms with van der Waals surface area (Å²) in [5.41, 5.74) is 3.91. The third-order valence-corrected chi connectivity index (χ3v) is 4.52. The second kappa shape index (κ2) is 6.96. The number of aliphatic imine (C=N–C) groups is 1. The summed E-state index contributed by atoms with van der Waals surface area (Å²) in [4.78, 5) is 17.6. The summed E-state index contributed by atoms with van der Waals surface area (Å²) in [7, 11) is 1.62. The molecular formula is C22H18N2O3. The predicted molar refractivity (Wildman–Crippen MR) is 105 cm³/mol. The molecule has 0 fully saturated rings. The number of carbonyl (C=O) groups is 1. The van der Waals surface area contributed by atoms with Gasteiger partial charge in [-0.3, -0.25) is 9.79 Å². The number of fused-ring (bicyclic) bond motifs is 1. The molecule has 1 aliphatic rings. The lowest BCUT2D eigenvalue weighted by Gasteiger charge is -2.12. The molecule has 0 spiro atoms. The number of ether oxygens (including phenoxy) is 1. The molecule has 0 radical (unpaired) electrons. The van der Waals surface area contributed by atoms with Crippen LogP contribution in [0.5, 0.6) is 11.5 Å². The molecule has 27 heavy (non-hydrogen) atoms. The summed E-state index contributed by atoms with van der Waals surface area (Å²) >= 11 is 0. The Balaban J connectivity index is 1.87. The average molecular weight is 358 g/mol. The number of nitrogens with one attached hydrogen (secondary N) is 1. The number of hydrogen-bond acceptors (Lipinski definition) is 4. The summed E-state index contributed by atoms with van der Waals surface area (Å²) < 4.78 is 5.24. The Bertz CT molecular complexity index is 1010. The molecule has 3 aromatic carbocycles. The minimum Gasteiger partial charge on any atom is -0.508 e. The number of anilines is 1. The summed E-state index contributed by atoms with van der Waals surface area (Å²) in [6.07, 6.45) is 0. The molecule has 5 heteroatoms. The Morgan fingerprint density at radius 3 is 2.37 bits per heavy atom. The van der Waals surface area contributed by atoms with Crippen molar-refractivity contribution in [3.8, 4) is 11.5 Å². The van der Waals surface area contributed by atoms with E-state index in [1.54, 1.807) is 31.4 Å². The van der Waals surface area contributed by atoms with Gasteiger partial charge in [0.05, 0.1) is 18.5 Å². The summed E-state index contributed by atoms with van der Waals surface area (Å²) in [5, 5.41) is 12.5. The molecule has 5 nitrogen and oxygen atoms in total. The number of phenols is 1. The van der Waals surface area contributed by atoms with Crippen molar-refractivity contribution in [2.75, 3.05) is 12.4 Å². The Labute approximate surface area is 157 Å². The number of methoxy groups -OCH3 is 1. The van der Waals surface area contributed by atoms with E-state index < -0.39 is 6.04 Å². The van der Waals surface area contributed by atoms with E-state index in [1.165, 1.54) is 0 Å². The van der Waals surface area contributed by atoms with Gasteiger partial charge in [-0.05, 0) is 48.0 Å². The van der Waals surface area contributed by atoms with Crippen LogP contribution >= 0.6 is 0 Å². The van der Waals surface area contributed by atoms with Crippen LogP contribution in [0.25, 0.3) is 0 Å². The monoisotopic (exact) mass is 358 g/mol. The molecule has 1 atom stereocenters. The first-order chi connectivity index (χ1) is 13.2. The third-order valence-electron chi connectivity index (χ3n) is 4.52. The number of phenolic OH excluding ortho intramolecular Hbond substituents is 1. The third kappa shape index (κ3) is 3.27. The molecule has 0 aromatic heterocycles. The zero-order chi connectivity index (χ0) is 18.8. The smallest absolute Gasteiger partial charge is 0.253 e. The predicted octanol–water partition coefficient (Wildman–Crippen LogP) is 3.93. The lowest BCUT2D eigenvalue weighted by molar-refractivity contribution is -0.117. The van der Waals surface area contributed by atoms with Gasteiger partial charge in [-0.15, -0.1) is 0 Å².